The number of amides is 1. The molecule has 6 nitrogen and oxygen atoms in total. The highest BCUT2D eigenvalue weighted by Gasteiger charge is 2.17. The average Bonchev–Trinajstić information content (AvgIpc) is 2.90. The minimum atomic E-state index is -1.01. The van der Waals surface area contributed by atoms with Crippen molar-refractivity contribution < 1.29 is 14.7 Å². The second-order valence-electron chi connectivity index (χ2n) is 6.22. The molecule has 2 aromatic rings. The standard InChI is InChI=1S/C18H23N3O3/c1-5-16-15(9-19-21(16)10-11(2)3)17(22)20-13-7-6-12(4)14(8-13)18(23)24/h6-9,11H,5,10H2,1-4H3,(H,20,22)(H,23,24). The van der Waals surface area contributed by atoms with Gasteiger partial charge in [0.1, 0.15) is 0 Å². The van der Waals surface area contributed by atoms with Gasteiger partial charge in [0.15, 0.2) is 0 Å². The fourth-order valence-electron chi connectivity index (χ4n) is 2.61. The van der Waals surface area contributed by atoms with Crippen LogP contribution in [0.25, 0.3) is 0 Å². The van der Waals surface area contributed by atoms with Crippen LogP contribution >= 0.6 is 0 Å². The molecular weight excluding hydrogens is 306 g/mol. The highest BCUT2D eigenvalue weighted by atomic mass is 16.4. The van der Waals surface area contributed by atoms with Crippen molar-refractivity contribution in [3.63, 3.8) is 0 Å². The molecule has 0 saturated carbocycles. The Morgan fingerprint density at radius 1 is 1.29 bits per heavy atom. The van der Waals surface area contributed by atoms with Crippen molar-refractivity contribution in [3.05, 3.63) is 46.8 Å². The summed E-state index contributed by atoms with van der Waals surface area (Å²) < 4.78 is 1.86. The maximum atomic E-state index is 12.5. The Bertz CT molecular complexity index is 763. The maximum absolute atomic E-state index is 12.5. The van der Waals surface area contributed by atoms with Crippen molar-refractivity contribution in [2.75, 3.05) is 5.32 Å². The first kappa shape index (κ1) is 17.7. The van der Waals surface area contributed by atoms with E-state index >= 15 is 0 Å². The van der Waals surface area contributed by atoms with Crippen molar-refractivity contribution in [3.8, 4) is 0 Å². The van der Waals surface area contributed by atoms with Gasteiger partial charge in [0.05, 0.1) is 23.0 Å². The zero-order chi connectivity index (χ0) is 17.9. The van der Waals surface area contributed by atoms with Crippen molar-refractivity contribution in [2.24, 2.45) is 5.92 Å². The third-order valence-electron chi connectivity index (χ3n) is 3.79. The molecule has 0 unspecified atom stereocenters. The van der Waals surface area contributed by atoms with E-state index in [4.69, 9.17) is 0 Å². The number of benzene rings is 1. The van der Waals surface area contributed by atoms with E-state index in [1.165, 1.54) is 6.07 Å². The summed E-state index contributed by atoms with van der Waals surface area (Å²) in [7, 11) is 0. The van der Waals surface area contributed by atoms with Crippen molar-refractivity contribution >= 4 is 17.6 Å². The Morgan fingerprint density at radius 2 is 2.00 bits per heavy atom. The minimum Gasteiger partial charge on any atom is -0.478 e. The van der Waals surface area contributed by atoms with E-state index in [0.29, 0.717) is 29.2 Å². The number of nitrogens with one attached hydrogen (secondary N) is 1. The number of nitrogens with zero attached hydrogens (tertiary/aromatic N) is 2. The van der Waals surface area contributed by atoms with E-state index in [9.17, 15) is 14.7 Å². The molecule has 1 heterocycles. The van der Waals surface area contributed by atoms with Crippen LogP contribution in [0.4, 0.5) is 5.69 Å². The Balaban J connectivity index is 2.26. The van der Waals surface area contributed by atoms with Gasteiger partial charge in [-0.15, -0.1) is 0 Å². The number of carboxylic acid groups (broad SMARTS) is 1. The molecule has 0 aliphatic heterocycles. The molecule has 2 rings (SSSR count). The summed E-state index contributed by atoms with van der Waals surface area (Å²) in [5.41, 5.74) is 2.70. The van der Waals surface area contributed by atoms with Gasteiger partial charge in [0.25, 0.3) is 5.91 Å². The Hall–Kier alpha value is -2.63. The van der Waals surface area contributed by atoms with Gasteiger partial charge in [-0.05, 0) is 37.0 Å². The molecule has 24 heavy (non-hydrogen) atoms. The van der Waals surface area contributed by atoms with Crippen LogP contribution in [0.1, 0.15) is 52.7 Å². The Morgan fingerprint density at radius 3 is 2.58 bits per heavy atom. The number of hydrogen-bond acceptors (Lipinski definition) is 3. The first-order valence-electron chi connectivity index (χ1n) is 8.03. The predicted octanol–water partition coefficient (Wildman–Crippen LogP) is 3.36. The van der Waals surface area contributed by atoms with Crippen molar-refractivity contribution in [1.82, 2.24) is 9.78 Å². The van der Waals surface area contributed by atoms with Crippen LogP contribution in [-0.4, -0.2) is 26.8 Å². The number of carboxylic acids is 1. The molecule has 1 aromatic carbocycles. The van der Waals surface area contributed by atoms with E-state index in [2.05, 4.69) is 24.3 Å². The molecule has 0 aliphatic rings. The highest BCUT2D eigenvalue weighted by molar-refractivity contribution is 6.05. The van der Waals surface area contributed by atoms with Gasteiger partial charge >= 0.3 is 5.97 Å². The number of carbonyl (C=O) groups excluding carboxylic acids is 1. The molecule has 6 heteroatoms. The van der Waals surface area contributed by atoms with E-state index < -0.39 is 5.97 Å². The number of aromatic carboxylic acids is 1. The fourth-order valence-corrected chi connectivity index (χ4v) is 2.61. The van der Waals surface area contributed by atoms with Crippen molar-refractivity contribution in [2.45, 2.75) is 40.7 Å². The molecule has 0 aliphatic carbocycles. The van der Waals surface area contributed by atoms with Crippen LogP contribution in [-0.2, 0) is 13.0 Å². The van der Waals surface area contributed by atoms with Gasteiger partial charge in [-0.3, -0.25) is 9.48 Å². The van der Waals surface area contributed by atoms with Crippen LogP contribution in [0, 0.1) is 12.8 Å². The Kier molecular flexibility index (Phi) is 5.39. The van der Waals surface area contributed by atoms with Gasteiger partial charge in [-0.1, -0.05) is 26.8 Å². The molecule has 1 aromatic heterocycles. The number of hydrogen-bond donors (Lipinski definition) is 2. The molecule has 0 atom stereocenters. The van der Waals surface area contributed by atoms with Gasteiger partial charge in [-0.25, -0.2) is 4.79 Å². The van der Waals surface area contributed by atoms with Crippen LogP contribution in [0.2, 0.25) is 0 Å². The van der Waals surface area contributed by atoms with Crippen LogP contribution < -0.4 is 5.32 Å². The van der Waals surface area contributed by atoms with Crippen molar-refractivity contribution in [1.29, 1.82) is 0 Å². The van der Waals surface area contributed by atoms with Crippen LogP contribution in [0.5, 0.6) is 0 Å². The smallest absolute Gasteiger partial charge is 0.336 e. The van der Waals surface area contributed by atoms with E-state index in [0.717, 1.165) is 12.2 Å². The summed E-state index contributed by atoms with van der Waals surface area (Å²) in [5.74, 6) is -0.856. The fraction of sp³-hybridized carbons (Fsp3) is 0.389. The first-order valence-corrected chi connectivity index (χ1v) is 8.03. The van der Waals surface area contributed by atoms with Gasteiger partial charge in [0, 0.05) is 12.2 Å². The minimum absolute atomic E-state index is 0.180. The molecule has 0 bridgehead atoms. The highest BCUT2D eigenvalue weighted by Crippen LogP contribution is 2.18. The number of aromatic nitrogens is 2. The quantitative estimate of drug-likeness (QED) is 0.851. The number of carbonyl (C=O) groups is 2. The topological polar surface area (TPSA) is 84.2 Å². The van der Waals surface area contributed by atoms with E-state index in [1.807, 2.05) is 11.6 Å². The lowest BCUT2D eigenvalue weighted by Gasteiger charge is -2.11. The lowest BCUT2D eigenvalue weighted by Crippen LogP contribution is -2.16. The Labute approximate surface area is 141 Å². The lowest BCUT2D eigenvalue weighted by atomic mass is 10.1. The molecule has 0 radical (unpaired) electrons. The second kappa shape index (κ2) is 7.29. The van der Waals surface area contributed by atoms with Crippen LogP contribution in [0.15, 0.2) is 24.4 Å². The largest absolute Gasteiger partial charge is 0.478 e. The molecule has 0 spiro atoms. The average molecular weight is 329 g/mol. The summed E-state index contributed by atoms with van der Waals surface area (Å²) >= 11 is 0. The summed E-state index contributed by atoms with van der Waals surface area (Å²) in [6.45, 7) is 8.66. The summed E-state index contributed by atoms with van der Waals surface area (Å²) in [6.07, 6.45) is 2.27. The van der Waals surface area contributed by atoms with Gasteiger partial charge < -0.3 is 10.4 Å². The van der Waals surface area contributed by atoms with Gasteiger partial charge in [-0.2, -0.15) is 5.10 Å². The summed E-state index contributed by atoms with van der Waals surface area (Å²) in [5, 5.41) is 16.3. The number of anilines is 1. The molecule has 128 valence electrons. The number of aryl methyl sites for hydroxylation is 1. The second-order valence-corrected chi connectivity index (χ2v) is 6.22. The molecule has 2 N–H and O–H groups in total. The number of rotatable bonds is 6. The maximum Gasteiger partial charge on any atom is 0.336 e. The summed E-state index contributed by atoms with van der Waals surface area (Å²) in [6, 6.07) is 4.85. The zero-order valence-electron chi connectivity index (χ0n) is 14.5. The monoisotopic (exact) mass is 329 g/mol. The van der Waals surface area contributed by atoms with Gasteiger partial charge in [0.2, 0.25) is 0 Å². The van der Waals surface area contributed by atoms with Crippen LogP contribution in [0.3, 0.4) is 0 Å². The SMILES string of the molecule is CCc1c(C(=O)Nc2ccc(C)c(C(=O)O)c2)cnn1CC(C)C. The predicted molar refractivity (Wildman–Crippen MR) is 92.5 cm³/mol. The lowest BCUT2D eigenvalue weighted by molar-refractivity contribution is 0.0695. The third-order valence-corrected chi connectivity index (χ3v) is 3.79. The normalized spacial score (nSPS) is 10.9. The third kappa shape index (κ3) is 3.82. The van der Waals surface area contributed by atoms with E-state index in [1.54, 1.807) is 25.3 Å². The summed E-state index contributed by atoms with van der Waals surface area (Å²) in [4.78, 5) is 23.8. The first-order chi connectivity index (χ1) is 11.3. The molecule has 1 amide bonds. The molecular formula is C18H23N3O3. The van der Waals surface area contributed by atoms with E-state index in [-0.39, 0.29) is 11.5 Å². The molecule has 0 fully saturated rings. The zero-order valence-corrected chi connectivity index (χ0v) is 14.5. The molecule has 0 saturated heterocycles.